The second-order valence-electron chi connectivity index (χ2n) is 9.94. The number of fused-ring (bicyclic) bond motifs is 1. The maximum absolute atomic E-state index is 15.2. The molecule has 2 aromatic carbocycles. The fraction of sp³-hybridized carbons (Fsp3) is 0.267. The van der Waals surface area contributed by atoms with Gasteiger partial charge >= 0.3 is 0 Å². The lowest BCUT2D eigenvalue weighted by Gasteiger charge is -2.27. The number of H-pyrrole nitrogens is 1. The van der Waals surface area contributed by atoms with E-state index in [0.29, 0.717) is 33.5 Å². The number of aromatic amines is 1. The maximum Gasteiger partial charge on any atom is 0.198 e. The third kappa shape index (κ3) is 5.53. The second-order valence-corrected chi connectivity index (χ2v) is 9.94. The number of nitrogens with one attached hydrogen (secondary N) is 1. The second kappa shape index (κ2) is 11.2. The Labute approximate surface area is 234 Å². The van der Waals surface area contributed by atoms with E-state index in [0.717, 1.165) is 12.1 Å². The van der Waals surface area contributed by atoms with Crippen molar-refractivity contribution in [1.82, 2.24) is 9.97 Å². The van der Waals surface area contributed by atoms with Gasteiger partial charge in [-0.2, -0.15) is 10.5 Å². The van der Waals surface area contributed by atoms with Crippen molar-refractivity contribution in [3.63, 3.8) is 0 Å². The molecule has 5 rings (SSSR count). The van der Waals surface area contributed by atoms with Gasteiger partial charge in [0, 0.05) is 24.4 Å². The molecule has 41 heavy (non-hydrogen) atoms. The van der Waals surface area contributed by atoms with Crippen LogP contribution >= 0.6 is 0 Å². The molecule has 0 radical (unpaired) electrons. The van der Waals surface area contributed by atoms with Crippen LogP contribution in [-0.2, 0) is 11.2 Å². The summed E-state index contributed by atoms with van der Waals surface area (Å²) in [5, 5.41) is 28.8. The van der Waals surface area contributed by atoms with Crippen LogP contribution in [0.5, 0.6) is 17.2 Å². The van der Waals surface area contributed by atoms with Gasteiger partial charge in [-0.25, -0.2) is 13.8 Å². The van der Waals surface area contributed by atoms with Gasteiger partial charge in [0.1, 0.15) is 35.2 Å². The molecule has 2 N–H and O–H groups in total. The van der Waals surface area contributed by atoms with Crippen molar-refractivity contribution in [2.75, 3.05) is 19.8 Å². The first-order valence-electron chi connectivity index (χ1n) is 12.8. The van der Waals surface area contributed by atoms with Crippen molar-refractivity contribution in [2.45, 2.75) is 26.4 Å². The molecule has 2 aromatic heterocycles. The third-order valence-electron chi connectivity index (χ3n) is 6.55. The van der Waals surface area contributed by atoms with Crippen LogP contribution < -0.4 is 9.47 Å². The lowest BCUT2D eigenvalue weighted by atomic mass is 9.91. The van der Waals surface area contributed by atoms with Crippen LogP contribution in [0.3, 0.4) is 0 Å². The molecule has 1 aliphatic heterocycles. The summed E-state index contributed by atoms with van der Waals surface area (Å²) in [7, 11) is 0. The Morgan fingerprint density at radius 2 is 1.93 bits per heavy atom. The molecule has 0 fully saturated rings. The Hall–Kier alpha value is -5.00. The summed E-state index contributed by atoms with van der Waals surface area (Å²) in [6.45, 7) is 3.29. The number of hydrogen-bond donors (Lipinski definition) is 2. The van der Waals surface area contributed by atoms with Crippen molar-refractivity contribution in [2.24, 2.45) is 10.4 Å². The number of hydrogen-bond acceptors (Lipinski definition) is 8. The van der Waals surface area contributed by atoms with Gasteiger partial charge in [-0.3, -0.25) is 4.99 Å². The van der Waals surface area contributed by atoms with Crippen LogP contribution in [0, 0.1) is 39.7 Å². The summed E-state index contributed by atoms with van der Waals surface area (Å²) >= 11 is 0. The van der Waals surface area contributed by atoms with Crippen molar-refractivity contribution >= 4 is 16.9 Å². The zero-order valence-corrected chi connectivity index (χ0v) is 22.2. The Morgan fingerprint density at radius 3 is 2.56 bits per heavy atom. The Morgan fingerprint density at radius 1 is 1.15 bits per heavy atom. The number of pyridine rings is 1. The number of aliphatic imine (C=N–C) groups is 1. The van der Waals surface area contributed by atoms with Crippen LogP contribution in [-0.4, -0.2) is 46.8 Å². The van der Waals surface area contributed by atoms with E-state index in [-0.39, 0.29) is 42.9 Å². The molecule has 0 aliphatic carbocycles. The fourth-order valence-electron chi connectivity index (χ4n) is 4.44. The lowest BCUT2D eigenvalue weighted by molar-refractivity contribution is 0.0971. The molecule has 0 saturated heterocycles. The van der Waals surface area contributed by atoms with E-state index >= 15 is 8.78 Å². The highest BCUT2D eigenvalue weighted by Crippen LogP contribution is 2.39. The summed E-state index contributed by atoms with van der Waals surface area (Å²) in [4.78, 5) is 11.5. The van der Waals surface area contributed by atoms with Gasteiger partial charge < -0.3 is 24.3 Å². The van der Waals surface area contributed by atoms with Gasteiger partial charge in [0.15, 0.2) is 23.3 Å². The van der Waals surface area contributed by atoms with Crippen molar-refractivity contribution < 1.29 is 28.1 Å². The third-order valence-corrected chi connectivity index (χ3v) is 6.55. The first-order valence-corrected chi connectivity index (χ1v) is 12.8. The molecule has 3 heterocycles. The Balaban J connectivity index is 1.44. The van der Waals surface area contributed by atoms with Crippen LogP contribution in [0.1, 0.15) is 25.0 Å². The number of aromatic nitrogens is 2. The molecule has 0 bridgehead atoms. The summed E-state index contributed by atoms with van der Waals surface area (Å²) in [6, 6.07) is 13.1. The first-order chi connectivity index (χ1) is 19.8. The van der Waals surface area contributed by atoms with Gasteiger partial charge in [-0.05, 0) is 55.3 Å². The predicted molar refractivity (Wildman–Crippen MR) is 146 cm³/mol. The molecule has 1 unspecified atom stereocenters. The first kappa shape index (κ1) is 27.6. The Kier molecular flexibility index (Phi) is 7.56. The van der Waals surface area contributed by atoms with E-state index in [9.17, 15) is 15.6 Å². The number of aliphatic hydroxyl groups is 1. The predicted octanol–water partition coefficient (Wildman–Crippen LogP) is 5.43. The molecule has 1 aliphatic rings. The molecule has 208 valence electrons. The number of halogens is 2. The van der Waals surface area contributed by atoms with Crippen LogP contribution in [0.15, 0.2) is 53.8 Å². The Bertz CT molecular complexity index is 1710. The molecule has 9 nitrogen and oxygen atoms in total. The normalized spacial score (nSPS) is 16.5. The highest BCUT2D eigenvalue weighted by molar-refractivity contribution is 5.98. The minimum Gasteiger partial charge on any atom is -0.490 e. The number of ether oxygens (including phenoxy) is 3. The molecule has 4 aromatic rings. The van der Waals surface area contributed by atoms with Gasteiger partial charge in [0.05, 0.1) is 36.3 Å². The SMILES string of the molecule is CC(C)Oc1ccc(-c2c[nH]c3nccc(Oc4c(F)cc(CC5=NCC(C#N)(CO)CO5)cc4F)c23)cc1C#N. The molecule has 0 amide bonds. The molecular weight excluding hydrogens is 532 g/mol. The van der Waals surface area contributed by atoms with Gasteiger partial charge in [0.2, 0.25) is 0 Å². The molecule has 11 heteroatoms. The standard InChI is InChI=1S/C30H25F2N5O4/c1-17(2)40-24-4-3-19(10-20(24)11-33)21-12-36-29-27(21)25(5-6-35-29)41-28-22(31)7-18(8-23(28)32)9-26-37-14-30(13-34,15-38)16-39-26/h3-8,10,12,17,38H,9,14-16H2,1-2H3,(H,35,36). The lowest BCUT2D eigenvalue weighted by Crippen LogP contribution is -2.38. The van der Waals surface area contributed by atoms with E-state index in [4.69, 9.17) is 14.2 Å². The molecular formula is C30H25F2N5O4. The van der Waals surface area contributed by atoms with Crippen LogP contribution in [0.4, 0.5) is 8.78 Å². The van der Waals surface area contributed by atoms with Gasteiger partial charge in [0.25, 0.3) is 0 Å². The van der Waals surface area contributed by atoms with Gasteiger partial charge in [-0.15, -0.1) is 0 Å². The largest absolute Gasteiger partial charge is 0.490 e. The summed E-state index contributed by atoms with van der Waals surface area (Å²) in [5.74, 6) is -1.63. The highest BCUT2D eigenvalue weighted by Gasteiger charge is 2.34. The summed E-state index contributed by atoms with van der Waals surface area (Å²) in [5.41, 5.74) is 1.19. The average molecular weight is 558 g/mol. The topological polar surface area (TPSA) is 137 Å². The molecule has 0 saturated carbocycles. The van der Waals surface area contributed by atoms with Crippen molar-refractivity contribution in [3.05, 3.63) is 71.6 Å². The van der Waals surface area contributed by atoms with Gasteiger partial charge in [-0.1, -0.05) is 6.07 Å². The van der Waals surface area contributed by atoms with Crippen LogP contribution in [0.2, 0.25) is 0 Å². The number of benzene rings is 2. The van der Waals surface area contributed by atoms with Crippen molar-refractivity contribution in [3.8, 4) is 40.5 Å². The minimum atomic E-state index is -1.12. The highest BCUT2D eigenvalue weighted by atomic mass is 19.1. The number of aliphatic hydroxyl groups excluding tert-OH is 1. The zero-order valence-electron chi connectivity index (χ0n) is 22.2. The van der Waals surface area contributed by atoms with E-state index < -0.39 is 29.4 Å². The number of rotatable bonds is 8. The maximum atomic E-state index is 15.2. The van der Waals surface area contributed by atoms with Crippen molar-refractivity contribution in [1.29, 1.82) is 10.5 Å². The number of nitrogens with zero attached hydrogens (tertiary/aromatic N) is 4. The minimum absolute atomic E-state index is 0.000261. The van der Waals surface area contributed by atoms with E-state index in [1.807, 2.05) is 19.9 Å². The zero-order chi connectivity index (χ0) is 29.1. The van der Waals surface area contributed by atoms with E-state index in [1.165, 1.54) is 12.3 Å². The quantitative estimate of drug-likeness (QED) is 0.295. The summed E-state index contributed by atoms with van der Waals surface area (Å²) < 4.78 is 47.3. The van der Waals surface area contributed by atoms with Crippen LogP contribution in [0.25, 0.3) is 22.2 Å². The van der Waals surface area contributed by atoms with E-state index in [1.54, 1.807) is 24.4 Å². The molecule has 1 atom stereocenters. The fourth-order valence-corrected chi connectivity index (χ4v) is 4.44. The van der Waals surface area contributed by atoms with E-state index in [2.05, 4.69) is 21.0 Å². The molecule has 0 spiro atoms. The average Bonchev–Trinajstić information content (AvgIpc) is 3.41. The smallest absolute Gasteiger partial charge is 0.198 e. The number of nitriles is 2. The monoisotopic (exact) mass is 557 g/mol. The summed E-state index contributed by atoms with van der Waals surface area (Å²) in [6.07, 6.45) is 3.02.